The smallest absolute Gasteiger partial charge is 0.313 e. The van der Waals surface area contributed by atoms with Crippen molar-refractivity contribution in [3.8, 4) is 17.0 Å². The van der Waals surface area contributed by atoms with E-state index in [1.54, 1.807) is 7.11 Å². The monoisotopic (exact) mass is 313 g/mol. The van der Waals surface area contributed by atoms with Crippen molar-refractivity contribution in [1.29, 1.82) is 0 Å². The first-order chi connectivity index (χ1) is 10.7. The molecule has 1 aromatic heterocycles. The van der Waals surface area contributed by atoms with E-state index in [0.29, 0.717) is 0 Å². The van der Waals surface area contributed by atoms with Crippen LogP contribution in [0.2, 0.25) is 0 Å². The van der Waals surface area contributed by atoms with Gasteiger partial charge in [0.15, 0.2) is 0 Å². The Kier molecular flexibility index (Phi) is 4.06. The summed E-state index contributed by atoms with van der Waals surface area (Å²) in [4.78, 5) is 15.3. The Hall–Kier alpha value is -2.40. The number of hydrogen-bond donors (Lipinski definition) is 2. The average Bonchev–Trinajstić information content (AvgIpc) is 2.91. The molecule has 1 heterocycles. The van der Waals surface area contributed by atoms with Gasteiger partial charge in [0.25, 0.3) is 0 Å². The summed E-state index contributed by atoms with van der Waals surface area (Å²) in [5, 5.41) is 10.0. The third-order valence-electron chi connectivity index (χ3n) is 3.38. The molecule has 0 aliphatic rings. The third kappa shape index (κ3) is 2.80. The molecule has 5 heteroatoms. The first-order valence-corrected chi connectivity index (χ1v) is 7.77. The molecule has 2 aromatic carbocycles. The zero-order valence-electron chi connectivity index (χ0n) is 12.0. The number of H-pyrrole nitrogens is 1. The lowest BCUT2D eigenvalue weighted by molar-refractivity contribution is -0.133. The van der Waals surface area contributed by atoms with Crippen LogP contribution in [0.4, 0.5) is 0 Å². The van der Waals surface area contributed by atoms with Crippen molar-refractivity contribution in [1.82, 2.24) is 4.98 Å². The Bertz CT molecular complexity index is 808. The Morgan fingerprint density at radius 2 is 1.91 bits per heavy atom. The molecule has 0 saturated heterocycles. The highest BCUT2D eigenvalue weighted by molar-refractivity contribution is 8.00. The predicted octanol–water partition coefficient (Wildman–Crippen LogP) is 4.02. The van der Waals surface area contributed by atoms with Crippen molar-refractivity contribution in [2.45, 2.75) is 4.90 Å². The van der Waals surface area contributed by atoms with Gasteiger partial charge in [-0.25, -0.2) is 0 Å². The van der Waals surface area contributed by atoms with Crippen molar-refractivity contribution in [2.24, 2.45) is 0 Å². The molecule has 0 aliphatic heterocycles. The van der Waals surface area contributed by atoms with E-state index in [-0.39, 0.29) is 5.75 Å². The van der Waals surface area contributed by atoms with Crippen LogP contribution in [-0.2, 0) is 4.79 Å². The number of fused-ring (bicyclic) bond motifs is 1. The average molecular weight is 313 g/mol. The molecule has 0 atom stereocenters. The van der Waals surface area contributed by atoms with E-state index in [1.807, 2.05) is 48.5 Å². The van der Waals surface area contributed by atoms with Gasteiger partial charge in [0.2, 0.25) is 0 Å². The van der Waals surface area contributed by atoms with Crippen molar-refractivity contribution >= 4 is 28.6 Å². The van der Waals surface area contributed by atoms with Gasteiger partial charge in [0.1, 0.15) is 5.75 Å². The number of aromatic nitrogens is 1. The molecule has 2 N–H and O–H groups in total. The maximum atomic E-state index is 10.9. The summed E-state index contributed by atoms with van der Waals surface area (Å²) in [6.07, 6.45) is 0. The number of ether oxygens (including phenoxy) is 1. The largest absolute Gasteiger partial charge is 0.497 e. The van der Waals surface area contributed by atoms with E-state index in [2.05, 4.69) is 4.98 Å². The number of hydrogen-bond acceptors (Lipinski definition) is 3. The minimum atomic E-state index is -0.823. The van der Waals surface area contributed by atoms with Gasteiger partial charge >= 0.3 is 5.97 Å². The van der Waals surface area contributed by atoms with E-state index in [9.17, 15) is 4.79 Å². The summed E-state index contributed by atoms with van der Waals surface area (Å²) in [5.74, 6) is 0.000854. The first-order valence-electron chi connectivity index (χ1n) is 6.79. The molecule has 0 spiro atoms. The quantitative estimate of drug-likeness (QED) is 0.698. The van der Waals surface area contributed by atoms with E-state index in [4.69, 9.17) is 9.84 Å². The minimum Gasteiger partial charge on any atom is -0.497 e. The highest BCUT2D eigenvalue weighted by atomic mass is 32.2. The van der Waals surface area contributed by atoms with Crippen LogP contribution in [0.5, 0.6) is 5.75 Å². The molecule has 3 aromatic rings. The summed E-state index contributed by atoms with van der Waals surface area (Å²) in [6, 6.07) is 15.6. The van der Waals surface area contributed by atoms with Crippen molar-refractivity contribution < 1.29 is 14.6 Å². The van der Waals surface area contributed by atoms with Gasteiger partial charge in [-0.1, -0.05) is 18.2 Å². The van der Waals surface area contributed by atoms with Gasteiger partial charge in [-0.2, -0.15) is 0 Å². The van der Waals surface area contributed by atoms with Gasteiger partial charge < -0.3 is 14.8 Å². The third-order valence-corrected chi connectivity index (χ3v) is 4.48. The fraction of sp³-hybridized carbons (Fsp3) is 0.118. The van der Waals surface area contributed by atoms with Crippen LogP contribution < -0.4 is 4.74 Å². The van der Waals surface area contributed by atoms with Crippen molar-refractivity contribution in [3.63, 3.8) is 0 Å². The Balaban J connectivity index is 2.09. The van der Waals surface area contributed by atoms with Crippen molar-refractivity contribution in [2.75, 3.05) is 12.9 Å². The lowest BCUT2D eigenvalue weighted by Gasteiger charge is -2.05. The molecule has 3 rings (SSSR count). The molecule has 0 fully saturated rings. The number of rotatable bonds is 5. The van der Waals surface area contributed by atoms with Crippen LogP contribution in [-0.4, -0.2) is 28.9 Å². The highest BCUT2D eigenvalue weighted by Gasteiger charge is 2.14. The number of aromatic amines is 1. The topological polar surface area (TPSA) is 62.3 Å². The number of carboxylic acid groups (broad SMARTS) is 1. The number of methoxy groups -OCH3 is 1. The summed E-state index contributed by atoms with van der Waals surface area (Å²) in [7, 11) is 1.63. The summed E-state index contributed by atoms with van der Waals surface area (Å²) < 4.78 is 5.18. The molecule has 0 aliphatic carbocycles. The second kappa shape index (κ2) is 6.15. The number of carboxylic acids is 1. The summed E-state index contributed by atoms with van der Waals surface area (Å²) in [5.41, 5.74) is 2.95. The summed E-state index contributed by atoms with van der Waals surface area (Å²) >= 11 is 1.33. The zero-order valence-corrected chi connectivity index (χ0v) is 12.8. The second-order valence-electron chi connectivity index (χ2n) is 4.79. The van der Waals surface area contributed by atoms with Crippen LogP contribution in [0, 0.1) is 0 Å². The molecular formula is C17H15NO3S. The highest BCUT2D eigenvalue weighted by Crippen LogP contribution is 2.38. The maximum absolute atomic E-state index is 10.9. The minimum absolute atomic E-state index is 0.0327. The number of aliphatic carboxylic acids is 1. The van der Waals surface area contributed by atoms with Crippen LogP contribution in [0.25, 0.3) is 22.2 Å². The van der Waals surface area contributed by atoms with Gasteiger partial charge in [0, 0.05) is 15.8 Å². The molecule has 4 nitrogen and oxygen atoms in total. The Morgan fingerprint density at radius 3 is 2.59 bits per heavy atom. The van der Waals surface area contributed by atoms with Crippen LogP contribution in [0.1, 0.15) is 0 Å². The molecule has 0 saturated carbocycles. The lowest BCUT2D eigenvalue weighted by Crippen LogP contribution is -1.97. The number of thioether (sulfide) groups is 1. The fourth-order valence-electron chi connectivity index (χ4n) is 2.36. The van der Waals surface area contributed by atoms with Crippen LogP contribution in [0.3, 0.4) is 0 Å². The maximum Gasteiger partial charge on any atom is 0.313 e. The molecule has 112 valence electrons. The zero-order chi connectivity index (χ0) is 15.5. The van der Waals surface area contributed by atoms with Crippen LogP contribution >= 0.6 is 11.8 Å². The molecule has 0 amide bonds. The van der Waals surface area contributed by atoms with E-state index >= 15 is 0 Å². The number of para-hydroxylation sites is 1. The van der Waals surface area contributed by atoms with E-state index < -0.39 is 5.97 Å². The van der Waals surface area contributed by atoms with Gasteiger partial charge in [-0.15, -0.1) is 11.8 Å². The van der Waals surface area contributed by atoms with Gasteiger partial charge in [-0.05, 0) is 35.9 Å². The summed E-state index contributed by atoms with van der Waals surface area (Å²) in [6.45, 7) is 0. The molecule has 22 heavy (non-hydrogen) atoms. The fourth-order valence-corrected chi connectivity index (χ4v) is 3.28. The first kappa shape index (κ1) is 14.5. The van der Waals surface area contributed by atoms with Crippen molar-refractivity contribution in [3.05, 3.63) is 48.5 Å². The van der Waals surface area contributed by atoms with E-state index in [0.717, 1.165) is 32.8 Å². The number of nitrogens with one attached hydrogen (secondary N) is 1. The SMILES string of the molecule is COc1ccc(-c2[nH]c3ccccc3c2SCC(=O)O)cc1. The molecule has 0 bridgehead atoms. The second-order valence-corrected chi connectivity index (χ2v) is 5.77. The molecule has 0 unspecified atom stereocenters. The predicted molar refractivity (Wildman–Crippen MR) is 88.6 cm³/mol. The van der Waals surface area contributed by atoms with Gasteiger partial charge in [-0.3, -0.25) is 4.79 Å². The normalized spacial score (nSPS) is 10.8. The van der Waals surface area contributed by atoms with Crippen LogP contribution in [0.15, 0.2) is 53.4 Å². The standard InChI is InChI=1S/C17H15NO3S/c1-21-12-8-6-11(7-9-12)16-17(22-10-15(19)20)13-4-2-3-5-14(13)18-16/h2-9,18H,10H2,1H3,(H,19,20). The van der Waals surface area contributed by atoms with E-state index in [1.165, 1.54) is 11.8 Å². The number of benzene rings is 2. The van der Waals surface area contributed by atoms with Gasteiger partial charge in [0.05, 0.1) is 18.6 Å². The Labute approximate surface area is 132 Å². The lowest BCUT2D eigenvalue weighted by atomic mass is 10.1. The molecule has 0 radical (unpaired) electrons. The number of carbonyl (C=O) groups is 1. The Morgan fingerprint density at radius 1 is 1.18 bits per heavy atom. The molecular weight excluding hydrogens is 298 g/mol.